The van der Waals surface area contributed by atoms with Crippen LogP contribution in [0.3, 0.4) is 0 Å². The lowest BCUT2D eigenvalue weighted by atomic mass is 9.97. The third-order valence-corrected chi connectivity index (χ3v) is 3.20. The third kappa shape index (κ3) is 3.58. The maximum Gasteiger partial charge on any atom is 0.0312 e. The van der Waals surface area contributed by atoms with Crippen molar-refractivity contribution in [1.29, 1.82) is 0 Å². The summed E-state index contributed by atoms with van der Waals surface area (Å²) in [6.07, 6.45) is 6.42. The zero-order valence-electron chi connectivity index (χ0n) is 10.0. The Hall–Kier alpha value is -0.930. The molecule has 0 amide bonds. The van der Waals surface area contributed by atoms with Crippen molar-refractivity contribution in [2.75, 3.05) is 26.7 Å². The van der Waals surface area contributed by atoms with Gasteiger partial charge in [-0.05, 0) is 50.5 Å². The van der Waals surface area contributed by atoms with Gasteiger partial charge in [-0.1, -0.05) is 6.07 Å². The average Bonchev–Trinajstić information content (AvgIpc) is 2.31. The average molecular weight is 219 g/mol. The molecule has 0 aromatic carbocycles. The van der Waals surface area contributed by atoms with E-state index < -0.39 is 0 Å². The van der Waals surface area contributed by atoms with Crippen LogP contribution in [-0.2, 0) is 6.54 Å². The number of piperidine rings is 1. The first-order valence-electron chi connectivity index (χ1n) is 6.13. The van der Waals surface area contributed by atoms with E-state index in [2.05, 4.69) is 28.3 Å². The van der Waals surface area contributed by atoms with Crippen LogP contribution < -0.4 is 5.32 Å². The lowest BCUT2D eigenvalue weighted by molar-refractivity contribution is 0.234. The van der Waals surface area contributed by atoms with Gasteiger partial charge in [0.05, 0.1) is 0 Å². The Morgan fingerprint density at radius 1 is 1.44 bits per heavy atom. The maximum absolute atomic E-state index is 4.15. The van der Waals surface area contributed by atoms with Crippen LogP contribution in [0.15, 0.2) is 24.5 Å². The Labute approximate surface area is 97.9 Å². The highest BCUT2D eigenvalue weighted by Gasteiger charge is 2.14. The van der Waals surface area contributed by atoms with E-state index in [4.69, 9.17) is 0 Å². The number of hydrogen-bond acceptors (Lipinski definition) is 3. The SMILES string of the molecule is CN(Cc1cccnc1)CC1CCNCC1. The molecule has 1 aliphatic rings. The smallest absolute Gasteiger partial charge is 0.0312 e. The summed E-state index contributed by atoms with van der Waals surface area (Å²) in [4.78, 5) is 6.56. The van der Waals surface area contributed by atoms with Crippen molar-refractivity contribution >= 4 is 0 Å². The summed E-state index contributed by atoms with van der Waals surface area (Å²) in [5, 5.41) is 3.41. The van der Waals surface area contributed by atoms with Crippen molar-refractivity contribution in [3.05, 3.63) is 30.1 Å². The first-order valence-corrected chi connectivity index (χ1v) is 6.13. The summed E-state index contributed by atoms with van der Waals surface area (Å²) in [6.45, 7) is 4.59. The Kier molecular flexibility index (Phi) is 4.31. The van der Waals surface area contributed by atoms with Gasteiger partial charge in [0.1, 0.15) is 0 Å². The molecule has 88 valence electrons. The number of nitrogens with one attached hydrogen (secondary N) is 1. The van der Waals surface area contributed by atoms with Gasteiger partial charge in [0.25, 0.3) is 0 Å². The number of rotatable bonds is 4. The fourth-order valence-electron chi connectivity index (χ4n) is 2.37. The lowest BCUT2D eigenvalue weighted by Gasteiger charge is -2.27. The molecule has 0 radical (unpaired) electrons. The predicted molar refractivity (Wildman–Crippen MR) is 66.2 cm³/mol. The van der Waals surface area contributed by atoms with E-state index in [9.17, 15) is 0 Å². The molecule has 1 saturated heterocycles. The number of hydrogen-bond donors (Lipinski definition) is 1. The van der Waals surface area contributed by atoms with Gasteiger partial charge >= 0.3 is 0 Å². The van der Waals surface area contributed by atoms with Crippen LogP contribution in [0.2, 0.25) is 0 Å². The van der Waals surface area contributed by atoms with Crippen LogP contribution in [0.1, 0.15) is 18.4 Å². The molecule has 1 aromatic heterocycles. The molecular formula is C13H21N3. The molecule has 0 aliphatic carbocycles. The lowest BCUT2D eigenvalue weighted by Crippen LogP contribution is -2.34. The van der Waals surface area contributed by atoms with E-state index in [0.717, 1.165) is 12.5 Å². The van der Waals surface area contributed by atoms with Gasteiger partial charge in [-0.3, -0.25) is 4.98 Å². The second-order valence-electron chi connectivity index (χ2n) is 4.75. The fraction of sp³-hybridized carbons (Fsp3) is 0.615. The predicted octanol–water partition coefficient (Wildman–Crippen LogP) is 1.51. The fourth-order valence-corrected chi connectivity index (χ4v) is 2.37. The molecule has 16 heavy (non-hydrogen) atoms. The van der Waals surface area contributed by atoms with Crippen LogP contribution in [0, 0.1) is 5.92 Å². The minimum Gasteiger partial charge on any atom is -0.317 e. The molecule has 2 heterocycles. The number of pyridine rings is 1. The van der Waals surface area contributed by atoms with Crippen molar-refractivity contribution < 1.29 is 0 Å². The van der Waals surface area contributed by atoms with E-state index in [1.807, 2.05) is 18.5 Å². The summed E-state index contributed by atoms with van der Waals surface area (Å²) in [7, 11) is 2.20. The van der Waals surface area contributed by atoms with Crippen molar-refractivity contribution in [2.24, 2.45) is 5.92 Å². The zero-order valence-corrected chi connectivity index (χ0v) is 10.0. The third-order valence-electron chi connectivity index (χ3n) is 3.20. The van der Waals surface area contributed by atoms with Crippen molar-refractivity contribution in [2.45, 2.75) is 19.4 Å². The summed E-state index contributed by atoms with van der Waals surface area (Å²) in [5.41, 5.74) is 1.30. The molecule has 0 bridgehead atoms. The highest BCUT2D eigenvalue weighted by molar-refractivity contribution is 5.07. The molecule has 3 heteroatoms. The molecule has 1 aromatic rings. The molecule has 2 rings (SSSR count). The Bertz CT molecular complexity index is 293. The summed E-state index contributed by atoms with van der Waals surface area (Å²) < 4.78 is 0. The van der Waals surface area contributed by atoms with E-state index in [-0.39, 0.29) is 0 Å². The molecule has 0 spiro atoms. The topological polar surface area (TPSA) is 28.2 Å². The molecule has 1 fully saturated rings. The Balaban J connectivity index is 1.77. The second-order valence-corrected chi connectivity index (χ2v) is 4.75. The van der Waals surface area contributed by atoms with Gasteiger partial charge in [0.15, 0.2) is 0 Å². The van der Waals surface area contributed by atoms with Gasteiger partial charge < -0.3 is 10.2 Å². The van der Waals surface area contributed by atoms with Crippen molar-refractivity contribution in [1.82, 2.24) is 15.2 Å². The van der Waals surface area contributed by atoms with Gasteiger partial charge in [0, 0.05) is 25.5 Å². The van der Waals surface area contributed by atoms with Gasteiger partial charge in [0.2, 0.25) is 0 Å². The molecular weight excluding hydrogens is 198 g/mol. The molecule has 0 saturated carbocycles. The first kappa shape index (κ1) is 11.6. The monoisotopic (exact) mass is 219 g/mol. The van der Waals surface area contributed by atoms with Gasteiger partial charge in [-0.25, -0.2) is 0 Å². The minimum absolute atomic E-state index is 0.864. The standard InChI is InChI=1S/C13H21N3/c1-16(10-12-4-7-14-8-5-12)11-13-3-2-6-15-9-13/h2-3,6,9,12,14H,4-5,7-8,10-11H2,1H3. The van der Waals surface area contributed by atoms with Crippen molar-refractivity contribution in [3.63, 3.8) is 0 Å². The highest BCUT2D eigenvalue weighted by Crippen LogP contribution is 2.13. The van der Waals surface area contributed by atoms with Crippen LogP contribution in [0.5, 0.6) is 0 Å². The molecule has 1 N–H and O–H groups in total. The summed E-state index contributed by atoms with van der Waals surface area (Å²) in [5.74, 6) is 0.864. The number of aromatic nitrogens is 1. The molecule has 1 aliphatic heterocycles. The second kappa shape index (κ2) is 5.97. The quantitative estimate of drug-likeness (QED) is 0.832. The zero-order chi connectivity index (χ0) is 11.2. The van der Waals surface area contributed by atoms with Gasteiger partial charge in [-0.2, -0.15) is 0 Å². The van der Waals surface area contributed by atoms with Crippen LogP contribution in [-0.4, -0.2) is 36.6 Å². The number of nitrogens with zero attached hydrogens (tertiary/aromatic N) is 2. The largest absolute Gasteiger partial charge is 0.317 e. The van der Waals surface area contributed by atoms with E-state index in [0.29, 0.717) is 0 Å². The van der Waals surface area contributed by atoms with Crippen LogP contribution in [0.4, 0.5) is 0 Å². The van der Waals surface area contributed by atoms with E-state index in [1.165, 1.54) is 38.0 Å². The van der Waals surface area contributed by atoms with Crippen LogP contribution in [0.25, 0.3) is 0 Å². The summed E-state index contributed by atoms with van der Waals surface area (Å²) in [6, 6.07) is 4.15. The first-order chi connectivity index (χ1) is 7.84. The Morgan fingerprint density at radius 2 is 2.25 bits per heavy atom. The molecule has 3 nitrogen and oxygen atoms in total. The summed E-state index contributed by atoms with van der Waals surface area (Å²) >= 11 is 0. The highest BCUT2D eigenvalue weighted by atomic mass is 15.1. The van der Waals surface area contributed by atoms with E-state index >= 15 is 0 Å². The normalized spacial score (nSPS) is 17.9. The Morgan fingerprint density at radius 3 is 2.94 bits per heavy atom. The molecule has 0 unspecified atom stereocenters. The molecule has 0 atom stereocenters. The van der Waals surface area contributed by atoms with E-state index in [1.54, 1.807) is 0 Å². The minimum atomic E-state index is 0.864. The van der Waals surface area contributed by atoms with Crippen molar-refractivity contribution in [3.8, 4) is 0 Å². The maximum atomic E-state index is 4.15. The van der Waals surface area contributed by atoms with Gasteiger partial charge in [-0.15, -0.1) is 0 Å². The van der Waals surface area contributed by atoms with Crippen LogP contribution >= 0.6 is 0 Å².